The number of fused-ring (bicyclic) bond motifs is 2. The maximum absolute atomic E-state index is 13.2. The van der Waals surface area contributed by atoms with Gasteiger partial charge in [0.15, 0.2) is 11.4 Å². The van der Waals surface area contributed by atoms with Crippen LogP contribution in [-0.2, 0) is 6.42 Å². The van der Waals surface area contributed by atoms with E-state index in [1.807, 2.05) is 47.1 Å². The number of carbonyl (C=O) groups excluding carboxylic acids is 1. The molecular formula is C25H20Cl2N4OS. The summed E-state index contributed by atoms with van der Waals surface area (Å²) in [6, 6.07) is 13.6. The van der Waals surface area contributed by atoms with Crippen LogP contribution in [0.1, 0.15) is 28.8 Å². The number of nitrogens with zero attached hydrogens (tertiary/aromatic N) is 4. The van der Waals surface area contributed by atoms with Gasteiger partial charge in [-0.25, -0.2) is 9.97 Å². The lowest BCUT2D eigenvalue weighted by Crippen LogP contribution is -2.44. The van der Waals surface area contributed by atoms with Crippen LogP contribution in [0, 0.1) is 5.41 Å². The Balaban J connectivity index is 1.26. The molecule has 3 heterocycles. The molecule has 2 aliphatic rings. The lowest BCUT2D eigenvalue weighted by atomic mass is 9.75. The van der Waals surface area contributed by atoms with Crippen molar-refractivity contribution in [3.63, 3.8) is 0 Å². The number of imidazole rings is 1. The molecule has 2 aromatic heterocycles. The Morgan fingerprint density at radius 3 is 2.61 bits per heavy atom. The van der Waals surface area contributed by atoms with Gasteiger partial charge in [-0.3, -0.25) is 9.20 Å². The van der Waals surface area contributed by atoms with Crippen molar-refractivity contribution in [1.29, 1.82) is 0 Å². The summed E-state index contributed by atoms with van der Waals surface area (Å²) >= 11 is 14.1. The highest BCUT2D eigenvalue weighted by Crippen LogP contribution is 2.45. The Labute approximate surface area is 205 Å². The quantitative estimate of drug-likeness (QED) is 0.338. The Kier molecular flexibility index (Phi) is 5.13. The molecule has 0 saturated carbocycles. The average Bonchev–Trinajstić information content (AvgIpc) is 3.42. The molecule has 1 aliphatic carbocycles. The maximum Gasteiger partial charge on any atom is 0.211 e. The normalized spacial score (nSPS) is 17.2. The molecule has 6 rings (SSSR count). The number of hydrogen-bond donors (Lipinski definition) is 0. The monoisotopic (exact) mass is 494 g/mol. The number of ketones is 1. The molecule has 4 aromatic rings. The SMILES string of the molecule is O=C1c2ccccc2CC12CCN(c1ncc(Sc3cccc(Cl)c3Cl)c3nccn13)CC2. The van der Waals surface area contributed by atoms with Crippen molar-refractivity contribution < 1.29 is 4.79 Å². The molecule has 0 bridgehead atoms. The zero-order valence-corrected chi connectivity index (χ0v) is 20.0. The molecule has 0 amide bonds. The molecule has 0 N–H and O–H groups in total. The standard InChI is InChI=1S/C25H20Cl2N4OS/c26-18-6-3-7-19(21(18)27)33-20-15-29-24(31-13-10-28-23(20)31)30-11-8-25(9-12-30)14-16-4-1-2-5-17(16)22(25)32/h1-7,10,13,15H,8-9,11-12,14H2. The Bertz CT molecular complexity index is 1390. The first-order valence-corrected chi connectivity index (χ1v) is 12.4. The highest BCUT2D eigenvalue weighted by molar-refractivity contribution is 7.99. The Morgan fingerprint density at radius 1 is 0.970 bits per heavy atom. The van der Waals surface area contributed by atoms with Crippen molar-refractivity contribution in [3.8, 4) is 0 Å². The lowest BCUT2D eigenvalue weighted by molar-refractivity contribution is 0.0774. The first kappa shape index (κ1) is 21.0. The van der Waals surface area contributed by atoms with E-state index in [4.69, 9.17) is 28.2 Å². The fourth-order valence-corrected chi connectivity index (χ4v) is 6.44. The molecule has 1 aliphatic heterocycles. The van der Waals surface area contributed by atoms with E-state index in [0.29, 0.717) is 15.8 Å². The minimum Gasteiger partial charge on any atom is -0.342 e. The largest absolute Gasteiger partial charge is 0.342 e. The summed E-state index contributed by atoms with van der Waals surface area (Å²) in [5, 5.41) is 1.05. The van der Waals surface area contributed by atoms with Crippen molar-refractivity contribution in [2.24, 2.45) is 5.41 Å². The molecule has 0 unspecified atom stereocenters. The predicted octanol–water partition coefficient (Wildman–Crippen LogP) is 6.21. The van der Waals surface area contributed by atoms with E-state index >= 15 is 0 Å². The van der Waals surface area contributed by atoms with E-state index in [-0.39, 0.29) is 5.41 Å². The fourth-order valence-electron chi connectivity index (χ4n) is 5.04. The molecule has 8 heteroatoms. The zero-order chi connectivity index (χ0) is 22.6. The molecule has 33 heavy (non-hydrogen) atoms. The number of rotatable bonds is 3. The van der Waals surface area contributed by atoms with Gasteiger partial charge in [0.25, 0.3) is 0 Å². The first-order chi connectivity index (χ1) is 16.1. The van der Waals surface area contributed by atoms with Gasteiger partial charge in [0, 0.05) is 47.6 Å². The molecule has 5 nitrogen and oxygen atoms in total. The first-order valence-electron chi connectivity index (χ1n) is 10.9. The fraction of sp³-hybridized carbons (Fsp3) is 0.240. The highest BCUT2D eigenvalue weighted by Gasteiger charge is 2.47. The smallest absolute Gasteiger partial charge is 0.211 e. The molecule has 166 valence electrons. The van der Waals surface area contributed by atoms with E-state index in [1.165, 1.54) is 17.3 Å². The van der Waals surface area contributed by atoms with Gasteiger partial charge in [-0.15, -0.1) is 0 Å². The van der Waals surface area contributed by atoms with Gasteiger partial charge < -0.3 is 4.90 Å². The van der Waals surface area contributed by atoms with E-state index in [9.17, 15) is 4.79 Å². The van der Waals surface area contributed by atoms with Crippen molar-refractivity contribution >= 4 is 52.3 Å². The number of halogens is 2. The van der Waals surface area contributed by atoms with E-state index < -0.39 is 0 Å². The summed E-state index contributed by atoms with van der Waals surface area (Å²) in [4.78, 5) is 26.6. The molecule has 0 atom stereocenters. The van der Waals surface area contributed by atoms with Crippen LogP contribution in [0.25, 0.3) is 5.65 Å². The van der Waals surface area contributed by atoms with Crippen LogP contribution in [0.2, 0.25) is 10.0 Å². The van der Waals surface area contributed by atoms with Gasteiger partial charge in [0.2, 0.25) is 5.95 Å². The third kappa shape index (κ3) is 3.43. The number of carbonyl (C=O) groups is 1. The van der Waals surface area contributed by atoms with E-state index in [2.05, 4.69) is 16.0 Å². The van der Waals surface area contributed by atoms with Crippen LogP contribution < -0.4 is 4.90 Å². The highest BCUT2D eigenvalue weighted by atomic mass is 35.5. The van der Waals surface area contributed by atoms with Crippen LogP contribution in [0.3, 0.4) is 0 Å². The van der Waals surface area contributed by atoms with Crippen molar-refractivity contribution in [2.75, 3.05) is 18.0 Å². The summed E-state index contributed by atoms with van der Waals surface area (Å²) in [5.74, 6) is 1.16. The van der Waals surface area contributed by atoms with Gasteiger partial charge >= 0.3 is 0 Å². The second-order valence-electron chi connectivity index (χ2n) is 8.63. The van der Waals surface area contributed by atoms with Crippen molar-refractivity contribution in [1.82, 2.24) is 14.4 Å². The van der Waals surface area contributed by atoms with Crippen molar-refractivity contribution in [2.45, 2.75) is 29.1 Å². The molecule has 2 aromatic carbocycles. The third-order valence-electron chi connectivity index (χ3n) is 6.79. The van der Waals surface area contributed by atoms with E-state index in [1.54, 1.807) is 12.3 Å². The topological polar surface area (TPSA) is 50.5 Å². The average molecular weight is 495 g/mol. The van der Waals surface area contributed by atoms with Gasteiger partial charge in [-0.2, -0.15) is 0 Å². The van der Waals surface area contributed by atoms with Crippen LogP contribution in [-0.4, -0.2) is 33.2 Å². The summed E-state index contributed by atoms with van der Waals surface area (Å²) in [7, 11) is 0. The predicted molar refractivity (Wildman–Crippen MR) is 132 cm³/mol. The number of hydrogen-bond acceptors (Lipinski definition) is 5. The van der Waals surface area contributed by atoms with Crippen LogP contribution in [0.5, 0.6) is 0 Å². The van der Waals surface area contributed by atoms with Gasteiger partial charge in [0.05, 0.1) is 14.9 Å². The second-order valence-corrected chi connectivity index (χ2v) is 10.5. The Hall–Kier alpha value is -2.54. The Morgan fingerprint density at radius 2 is 1.79 bits per heavy atom. The number of piperidine rings is 1. The van der Waals surface area contributed by atoms with E-state index in [0.717, 1.165) is 59.3 Å². The van der Waals surface area contributed by atoms with Crippen LogP contribution in [0.15, 0.2) is 70.8 Å². The van der Waals surface area contributed by atoms with Gasteiger partial charge in [0.1, 0.15) is 0 Å². The van der Waals surface area contributed by atoms with Gasteiger partial charge in [-0.05, 0) is 37.0 Å². The molecule has 1 fully saturated rings. The summed E-state index contributed by atoms with van der Waals surface area (Å²) < 4.78 is 2.02. The van der Waals surface area contributed by atoms with Crippen LogP contribution >= 0.6 is 35.0 Å². The summed E-state index contributed by atoms with van der Waals surface area (Å²) in [6.45, 7) is 1.57. The number of aromatic nitrogens is 3. The van der Waals surface area contributed by atoms with Crippen LogP contribution in [0.4, 0.5) is 5.95 Å². The summed E-state index contributed by atoms with van der Waals surface area (Å²) in [6.07, 6.45) is 8.06. The lowest BCUT2D eigenvalue weighted by Gasteiger charge is -2.38. The number of anilines is 1. The number of Topliss-reactive ketones (excluding diaryl/α,β-unsaturated/α-hetero) is 1. The molecule has 1 spiro atoms. The third-order valence-corrected chi connectivity index (χ3v) is 8.78. The molecular weight excluding hydrogens is 475 g/mol. The number of benzene rings is 2. The maximum atomic E-state index is 13.2. The molecule has 0 radical (unpaired) electrons. The second kappa shape index (κ2) is 8.05. The summed E-state index contributed by atoms with van der Waals surface area (Å²) in [5.41, 5.74) is 2.65. The van der Waals surface area contributed by atoms with Crippen molar-refractivity contribution in [3.05, 3.63) is 82.2 Å². The minimum absolute atomic E-state index is 0.270. The minimum atomic E-state index is -0.270. The molecule has 1 saturated heterocycles. The zero-order valence-electron chi connectivity index (χ0n) is 17.7. The van der Waals surface area contributed by atoms with Gasteiger partial charge in [-0.1, -0.05) is 65.3 Å².